The van der Waals surface area contributed by atoms with Gasteiger partial charge in [-0.15, -0.1) is 0 Å². The number of nitrogens with zero attached hydrogens (tertiary/aromatic N) is 3. The molecule has 0 spiro atoms. The summed E-state index contributed by atoms with van der Waals surface area (Å²) < 4.78 is 0. The van der Waals surface area contributed by atoms with Crippen molar-refractivity contribution in [1.29, 1.82) is 0 Å². The molecule has 0 saturated carbocycles. The maximum absolute atomic E-state index is 5.77. The summed E-state index contributed by atoms with van der Waals surface area (Å²) in [6.45, 7) is 3.04. The van der Waals surface area contributed by atoms with Gasteiger partial charge < -0.3 is 5.32 Å². The molecular weight excluding hydrogens is 256 g/mol. The molecular formula is C11H15ClN4S. The van der Waals surface area contributed by atoms with E-state index in [0.717, 1.165) is 19.8 Å². The quantitative estimate of drug-likeness (QED) is 0.849. The van der Waals surface area contributed by atoms with Crippen molar-refractivity contribution >= 4 is 28.8 Å². The molecule has 2 rings (SSSR count). The lowest BCUT2D eigenvalue weighted by molar-refractivity contribution is 0.225. The maximum Gasteiger partial charge on any atom is 0.148 e. The van der Waals surface area contributed by atoms with E-state index in [1.165, 1.54) is 25.5 Å². The van der Waals surface area contributed by atoms with Gasteiger partial charge in [0.1, 0.15) is 15.8 Å². The fourth-order valence-electron chi connectivity index (χ4n) is 1.84. The molecule has 0 atom stereocenters. The van der Waals surface area contributed by atoms with Crippen LogP contribution in [0.4, 0.5) is 0 Å². The molecule has 1 aromatic rings. The van der Waals surface area contributed by atoms with E-state index in [1.807, 2.05) is 0 Å². The van der Waals surface area contributed by atoms with Gasteiger partial charge in [-0.25, -0.2) is 4.98 Å². The minimum atomic E-state index is 0.365. The molecule has 4 nitrogen and oxygen atoms in total. The summed E-state index contributed by atoms with van der Waals surface area (Å²) in [5, 5.41) is 3.56. The standard InChI is InChI=1S/C11H15ClN4S/c12-10-7-13-6-9(15-10)11(17)14-8-16-4-2-1-3-5-16/h6-7H,1-5,8H2,(H,14,17). The molecule has 1 aliphatic heterocycles. The summed E-state index contributed by atoms with van der Waals surface area (Å²) in [4.78, 5) is 11.0. The minimum Gasteiger partial charge on any atom is -0.362 e. The van der Waals surface area contributed by atoms with Crippen LogP contribution in [0.2, 0.25) is 5.15 Å². The van der Waals surface area contributed by atoms with Crippen LogP contribution in [0.1, 0.15) is 25.0 Å². The van der Waals surface area contributed by atoms with Crippen molar-refractivity contribution in [2.24, 2.45) is 0 Å². The Morgan fingerprint density at radius 1 is 1.35 bits per heavy atom. The third kappa shape index (κ3) is 3.87. The molecule has 1 saturated heterocycles. The van der Waals surface area contributed by atoms with Crippen LogP contribution >= 0.6 is 23.8 Å². The third-order valence-electron chi connectivity index (χ3n) is 2.75. The van der Waals surface area contributed by atoms with Crippen molar-refractivity contribution in [2.45, 2.75) is 19.3 Å². The molecule has 0 bridgehead atoms. The highest BCUT2D eigenvalue weighted by molar-refractivity contribution is 7.80. The lowest BCUT2D eigenvalue weighted by atomic mass is 10.1. The summed E-state index contributed by atoms with van der Waals surface area (Å²) in [5.41, 5.74) is 0.629. The molecule has 0 aliphatic carbocycles. The summed E-state index contributed by atoms with van der Waals surface area (Å²) >= 11 is 11.0. The number of thiocarbonyl (C=S) groups is 1. The van der Waals surface area contributed by atoms with Gasteiger partial charge in [0.05, 0.1) is 19.1 Å². The molecule has 1 N–H and O–H groups in total. The Labute approximate surface area is 111 Å². The Morgan fingerprint density at radius 3 is 2.82 bits per heavy atom. The molecule has 2 heterocycles. The Hall–Kier alpha value is -0.780. The van der Waals surface area contributed by atoms with E-state index in [1.54, 1.807) is 6.20 Å². The number of nitrogens with one attached hydrogen (secondary N) is 1. The molecule has 1 aliphatic rings. The number of rotatable bonds is 3. The first-order valence-corrected chi connectivity index (χ1v) is 6.52. The highest BCUT2D eigenvalue weighted by Crippen LogP contribution is 2.07. The van der Waals surface area contributed by atoms with Gasteiger partial charge >= 0.3 is 0 Å². The number of aromatic nitrogens is 2. The van der Waals surface area contributed by atoms with Crippen LogP contribution in [0, 0.1) is 0 Å². The zero-order valence-corrected chi connectivity index (χ0v) is 11.1. The normalized spacial score (nSPS) is 16.8. The van der Waals surface area contributed by atoms with Crippen LogP contribution in [-0.2, 0) is 0 Å². The lowest BCUT2D eigenvalue weighted by Crippen LogP contribution is -2.40. The van der Waals surface area contributed by atoms with Gasteiger partial charge in [0.2, 0.25) is 0 Å². The van der Waals surface area contributed by atoms with E-state index in [0.29, 0.717) is 15.8 Å². The van der Waals surface area contributed by atoms with Gasteiger partial charge in [-0.3, -0.25) is 9.88 Å². The van der Waals surface area contributed by atoms with Crippen LogP contribution in [0.25, 0.3) is 0 Å². The molecule has 6 heteroatoms. The van der Waals surface area contributed by atoms with Gasteiger partial charge in [-0.05, 0) is 25.9 Å². The topological polar surface area (TPSA) is 41.0 Å². The fraction of sp³-hybridized carbons (Fsp3) is 0.545. The molecule has 0 unspecified atom stereocenters. The molecule has 0 radical (unpaired) electrons. The number of halogens is 1. The van der Waals surface area contributed by atoms with Gasteiger partial charge in [-0.2, -0.15) is 0 Å². The fourth-order valence-corrected chi connectivity index (χ4v) is 2.15. The average Bonchev–Trinajstić information content (AvgIpc) is 2.37. The molecule has 0 amide bonds. The van der Waals surface area contributed by atoms with E-state index >= 15 is 0 Å². The smallest absolute Gasteiger partial charge is 0.148 e. The van der Waals surface area contributed by atoms with Gasteiger partial charge in [0, 0.05) is 0 Å². The van der Waals surface area contributed by atoms with E-state index in [4.69, 9.17) is 23.8 Å². The average molecular weight is 271 g/mol. The van der Waals surface area contributed by atoms with Crippen LogP contribution in [0.15, 0.2) is 12.4 Å². The van der Waals surface area contributed by atoms with Crippen molar-refractivity contribution in [3.05, 3.63) is 23.2 Å². The second kappa shape index (κ2) is 6.23. The van der Waals surface area contributed by atoms with Crippen molar-refractivity contribution < 1.29 is 0 Å². The number of hydrogen-bond donors (Lipinski definition) is 1. The van der Waals surface area contributed by atoms with E-state index < -0.39 is 0 Å². The Balaban J connectivity index is 1.84. The zero-order chi connectivity index (χ0) is 12.1. The second-order valence-electron chi connectivity index (χ2n) is 4.07. The Morgan fingerprint density at radius 2 is 2.12 bits per heavy atom. The van der Waals surface area contributed by atoms with Crippen LogP contribution < -0.4 is 5.32 Å². The predicted molar refractivity (Wildman–Crippen MR) is 72.2 cm³/mol. The number of piperidine rings is 1. The summed E-state index contributed by atoms with van der Waals surface area (Å²) in [5.74, 6) is 0. The molecule has 17 heavy (non-hydrogen) atoms. The molecule has 1 fully saturated rings. The molecule has 1 aromatic heterocycles. The SMILES string of the molecule is S=C(NCN1CCCCC1)c1cncc(Cl)n1. The van der Waals surface area contributed by atoms with Crippen molar-refractivity contribution in [1.82, 2.24) is 20.2 Å². The third-order valence-corrected chi connectivity index (χ3v) is 3.29. The van der Waals surface area contributed by atoms with Crippen LogP contribution in [0.5, 0.6) is 0 Å². The summed E-state index contributed by atoms with van der Waals surface area (Å²) in [7, 11) is 0. The summed E-state index contributed by atoms with van der Waals surface area (Å²) in [6, 6.07) is 0. The van der Waals surface area contributed by atoms with E-state index in [2.05, 4.69) is 20.2 Å². The first-order chi connectivity index (χ1) is 8.25. The Bertz CT molecular complexity index is 393. The highest BCUT2D eigenvalue weighted by atomic mass is 35.5. The first-order valence-electron chi connectivity index (χ1n) is 5.74. The van der Waals surface area contributed by atoms with Gasteiger partial charge in [0.25, 0.3) is 0 Å². The number of hydrogen-bond acceptors (Lipinski definition) is 4. The monoisotopic (exact) mass is 270 g/mol. The lowest BCUT2D eigenvalue weighted by Gasteiger charge is -2.26. The predicted octanol–water partition coefficient (Wildman–Crippen LogP) is 1.84. The highest BCUT2D eigenvalue weighted by Gasteiger charge is 2.10. The molecule has 0 aromatic carbocycles. The largest absolute Gasteiger partial charge is 0.362 e. The molecule has 92 valence electrons. The summed E-state index contributed by atoms with van der Waals surface area (Å²) in [6.07, 6.45) is 6.99. The van der Waals surface area contributed by atoms with Gasteiger partial charge in [-0.1, -0.05) is 30.2 Å². The van der Waals surface area contributed by atoms with E-state index in [-0.39, 0.29) is 0 Å². The van der Waals surface area contributed by atoms with Crippen LogP contribution in [0.3, 0.4) is 0 Å². The first kappa shape index (κ1) is 12.7. The van der Waals surface area contributed by atoms with Crippen molar-refractivity contribution in [3.63, 3.8) is 0 Å². The number of likely N-dealkylation sites (tertiary alicyclic amines) is 1. The van der Waals surface area contributed by atoms with Crippen LogP contribution in [-0.4, -0.2) is 39.6 Å². The second-order valence-corrected chi connectivity index (χ2v) is 4.87. The van der Waals surface area contributed by atoms with E-state index in [9.17, 15) is 0 Å². The zero-order valence-electron chi connectivity index (χ0n) is 9.53. The van der Waals surface area contributed by atoms with Gasteiger partial charge in [0.15, 0.2) is 0 Å². The maximum atomic E-state index is 5.77. The van der Waals surface area contributed by atoms with Crippen molar-refractivity contribution in [3.8, 4) is 0 Å². The van der Waals surface area contributed by atoms with Crippen molar-refractivity contribution in [2.75, 3.05) is 19.8 Å². The minimum absolute atomic E-state index is 0.365. The Kier molecular flexibility index (Phi) is 4.65.